The Balaban J connectivity index is 1.64. The van der Waals surface area contributed by atoms with Crippen LogP contribution in [-0.4, -0.2) is 47.9 Å². The molecule has 1 aliphatic heterocycles. The van der Waals surface area contributed by atoms with Gasteiger partial charge < -0.3 is 19.3 Å². The first-order chi connectivity index (χ1) is 17.6. The molecule has 200 valence electrons. The third-order valence-corrected chi connectivity index (χ3v) is 6.41. The van der Waals surface area contributed by atoms with Crippen LogP contribution in [0.5, 0.6) is 11.5 Å². The van der Waals surface area contributed by atoms with Crippen molar-refractivity contribution in [3.63, 3.8) is 0 Å². The molecular formula is C29H37ClN2O5. The van der Waals surface area contributed by atoms with Crippen LogP contribution in [0.1, 0.15) is 59.8 Å². The summed E-state index contributed by atoms with van der Waals surface area (Å²) >= 11 is 5.93. The largest absolute Gasteiger partial charge is 0.457 e. The number of amides is 2. The molecular weight excluding hydrogens is 492 g/mol. The zero-order chi connectivity index (χ0) is 27.0. The van der Waals surface area contributed by atoms with Crippen LogP contribution in [0.4, 0.5) is 10.5 Å². The second kappa shape index (κ2) is 13.0. The molecule has 1 fully saturated rings. The SMILES string of the molecule is CCCCC(=O)N(CC(=O)C1CCN(C(=O)OC(C)(C)C)CC1)c1ccc(Oc2ccc(Cl)cc2)cc1. The Hall–Kier alpha value is -3.06. The molecule has 2 aromatic carbocycles. The van der Waals surface area contributed by atoms with E-state index in [1.54, 1.807) is 58.3 Å². The van der Waals surface area contributed by atoms with E-state index in [0.29, 0.717) is 54.6 Å². The number of benzene rings is 2. The van der Waals surface area contributed by atoms with Gasteiger partial charge in [0.05, 0.1) is 6.54 Å². The van der Waals surface area contributed by atoms with Crippen LogP contribution in [-0.2, 0) is 14.3 Å². The van der Waals surface area contributed by atoms with Gasteiger partial charge in [-0.2, -0.15) is 0 Å². The molecule has 7 nitrogen and oxygen atoms in total. The smallest absolute Gasteiger partial charge is 0.410 e. The van der Waals surface area contributed by atoms with Gasteiger partial charge in [0, 0.05) is 36.1 Å². The summed E-state index contributed by atoms with van der Waals surface area (Å²) in [5, 5.41) is 0.629. The number of nitrogens with zero attached hydrogens (tertiary/aromatic N) is 2. The lowest BCUT2D eigenvalue weighted by atomic mass is 9.92. The minimum atomic E-state index is -0.557. The molecule has 37 heavy (non-hydrogen) atoms. The third kappa shape index (κ3) is 8.78. The summed E-state index contributed by atoms with van der Waals surface area (Å²) in [6.07, 6.45) is 2.80. The maximum absolute atomic E-state index is 13.2. The Kier molecular flexibility index (Phi) is 9.98. The Morgan fingerprint density at radius 2 is 1.54 bits per heavy atom. The van der Waals surface area contributed by atoms with Gasteiger partial charge in [0.2, 0.25) is 5.91 Å². The summed E-state index contributed by atoms with van der Waals surface area (Å²) in [5.74, 6) is 1.00. The van der Waals surface area contributed by atoms with Crippen molar-refractivity contribution < 1.29 is 23.9 Å². The zero-order valence-electron chi connectivity index (χ0n) is 22.2. The average molecular weight is 529 g/mol. The highest BCUT2D eigenvalue weighted by Crippen LogP contribution is 2.27. The topological polar surface area (TPSA) is 76.2 Å². The first-order valence-corrected chi connectivity index (χ1v) is 13.3. The number of carbonyl (C=O) groups excluding carboxylic acids is 3. The Morgan fingerprint density at radius 3 is 2.08 bits per heavy atom. The highest BCUT2D eigenvalue weighted by molar-refractivity contribution is 6.30. The summed E-state index contributed by atoms with van der Waals surface area (Å²) in [6.45, 7) is 8.48. The van der Waals surface area contributed by atoms with Crippen LogP contribution in [0.2, 0.25) is 5.02 Å². The van der Waals surface area contributed by atoms with Crippen LogP contribution < -0.4 is 9.64 Å². The standard InChI is InChI=1S/C29H37ClN2O5/c1-5-6-7-27(34)32(23-10-14-25(15-11-23)36-24-12-8-22(30)9-13-24)20-26(33)21-16-18-31(19-17-21)28(35)37-29(2,3)4/h8-15,21H,5-7,16-20H2,1-4H3. The molecule has 2 aromatic rings. The zero-order valence-corrected chi connectivity index (χ0v) is 22.9. The van der Waals surface area contributed by atoms with Gasteiger partial charge in [-0.05, 0) is 88.6 Å². The van der Waals surface area contributed by atoms with Crippen LogP contribution >= 0.6 is 11.6 Å². The molecule has 2 amide bonds. The number of halogens is 1. The van der Waals surface area contributed by atoms with Crippen molar-refractivity contribution in [1.82, 2.24) is 4.90 Å². The summed E-state index contributed by atoms with van der Waals surface area (Å²) in [5.41, 5.74) is 0.0995. The van der Waals surface area contributed by atoms with Gasteiger partial charge in [0.1, 0.15) is 17.1 Å². The fraction of sp³-hybridized carbons (Fsp3) is 0.483. The van der Waals surface area contributed by atoms with E-state index in [2.05, 4.69) is 0 Å². The molecule has 1 heterocycles. The van der Waals surface area contributed by atoms with Gasteiger partial charge >= 0.3 is 6.09 Å². The number of hydrogen-bond acceptors (Lipinski definition) is 5. The number of likely N-dealkylation sites (tertiary alicyclic amines) is 1. The summed E-state index contributed by atoms with van der Waals surface area (Å²) in [4.78, 5) is 41.9. The lowest BCUT2D eigenvalue weighted by molar-refractivity contribution is -0.125. The second-order valence-corrected chi connectivity index (χ2v) is 10.8. The fourth-order valence-electron chi connectivity index (χ4n) is 4.11. The first-order valence-electron chi connectivity index (χ1n) is 12.9. The maximum atomic E-state index is 13.2. The number of ether oxygens (including phenoxy) is 2. The molecule has 0 spiro atoms. The molecule has 8 heteroatoms. The summed E-state index contributed by atoms with van der Waals surface area (Å²) in [7, 11) is 0. The number of rotatable bonds is 9. The van der Waals surface area contributed by atoms with E-state index in [4.69, 9.17) is 21.1 Å². The van der Waals surface area contributed by atoms with Gasteiger partial charge in [0.15, 0.2) is 5.78 Å². The van der Waals surface area contributed by atoms with Gasteiger partial charge in [-0.25, -0.2) is 4.79 Å². The normalized spacial score (nSPS) is 14.2. The van der Waals surface area contributed by atoms with Gasteiger partial charge in [-0.3, -0.25) is 9.59 Å². The van der Waals surface area contributed by atoms with Gasteiger partial charge in [-0.15, -0.1) is 0 Å². The molecule has 1 saturated heterocycles. The third-order valence-electron chi connectivity index (χ3n) is 6.16. The van der Waals surface area contributed by atoms with E-state index < -0.39 is 5.60 Å². The molecule has 0 bridgehead atoms. The van der Waals surface area contributed by atoms with Crippen LogP contribution in [0.25, 0.3) is 0 Å². The van der Waals surface area contributed by atoms with E-state index in [1.165, 1.54) is 0 Å². The van der Waals surface area contributed by atoms with Crippen LogP contribution in [0.15, 0.2) is 48.5 Å². The van der Waals surface area contributed by atoms with Crippen LogP contribution in [0, 0.1) is 5.92 Å². The summed E-state index contributed by atoms with van der Waals surface area (Å²) in [6, 6.07) is 14.2. The Labute approximate surface area is 224 Å². The Morgan fingerprint density at radius 1 is 0.973 bits per heavy atom. The molecule has 0 atom stereocenters. The fourth-order valence-corrected chi connectivity index (χ4v) is 4.24. The predicted molar refractivity (Wildman–Crippen MR) is 145 cm³/mol. The number of Topliss-reactive ketones (excluding diaryl/α,β-unsaturated/α-hetero) is 1. The van der Waals surface area contributed by atoms with Crippen molar-refractivity contribution in [3.05, 3.63) is 53.6 Å². The molecule has 0 unspecified atom stereocenters. The average Bonchev–Trinajstić information content (AvgIpc) is 2.86. The van der Waals surface area contributed by atoms with Gasteiger partial charge in [-0.1, -0.05) is 24.9 Å². The van der Waals surface area contributed by atoms with Crippen molar-refractivity contribution in [2.75, 3.05) is 24.5 Å². The van der Waals surface area contributed by atoms with E-state index in [9.17, 15) is 14.4 Å². The van der Waals surface area contributed by atoms with Crippen molar-refractivity contribution in [3.8, 4) is 11.5 Å². The van der Waals surface area contributed by atoms with E-state index in [-0.39, 0.29) is 30.2 Å². The van der Waals surface area contributed by atoms with E-state index in [1.807, 2.05) is 27.7 Å². The quantitative estimate of drug-likeness (QED) is 0.355. The number of anilines is 1. The molecule has 3 rings (SSSR count). The number of ketones is 1. The summed E-state index contributed by atoms with van der Waals surface area (Å²) < 4.78 is 11.3. The molecule has 0 saturated carbocycles. The number of piperidine rings is 1. The molecule has 1 aliphatic rings. The van der Waals surface area contributed by atoms with Gasteiger partial charge in [0.25, 0.3) is 0 Å². The second-order valence-electron chi connectivity index (χ2n) is 10.3. The highest BCUT2D eigenvalue weighted by atomic mass is 35.5. The highest BCUT2D eigenvalue weighted by Gasteiger charge is 2.31. The predicted octanol–water partition coefficient (Wildman–Crippen LogP) is 6.87. The monoisotopic (exact) mass is 528 g/mol. The maximum Gasteiger partial charge on any atom is 0.410 e. The molecule has 0 aromatic heterocycles. The molecule has 0 radical (unpaired) electrons. The molecule has 0 aliphatic carbocycles. The number of unbranched alkanes of at least 4 members (excludes halogenated alkanes) is 1. The van der Waals surface area contributed by atoms with E-state index >= 15 is 0 Å². The Bertz CT molecular complexity index is 1060. The lowest BCUT2D eigenvalue weighted by Crippen LogP contribution is -2.45. The van der Waals surface area contributed by atoms with Crippen molar-refractivity contribution >= 4 is 35.1 Å². The lowest BCUT2D eigenvalue weighted by Gasteiger charge is -2.33. The number of carbonyl (C=O) groups is 3. The molecule has 0 N–H and O–H groups in total. The van der Waals surface area contributed by atoms with Crippen LogP contribution in [0.3, 0.4) is 0 Å². The van der Waals surface area contributed by atoms with E-state index in [0.717, 1.165) is 12.8 Å². The van der Waals surface area contributed by atoms with Crippen molar-refractivity contribution in [2.45, 2.75) is 65.4 Å². The minimum absolute atomic E-state index is 0.00942. The van der Waals surface area contributed by atoms with Crippen molar-refractivity contribution in [1.29, 1.82) is 0 Å². The van der Waals surface area contributed by atoms with Crippen molar-refractivity contribution in [2.24, 2.45) is 5.92 Å². The first kappa shape index (κ1) is 28.5. The number of hydrogen-bond donors (Lipinski definition) is 0. The minimum Gasteiger partial charge on any atom is -0.457 e.